The Morgan fingerprint density at radius 1 is 1.19 bits per heavy atom. The maximum absolute atomic E-state index is 9.84. The number of aliphatic hydroxyl groups excluding tert-OH is 1. The standard InChI is InChI=1S/C18H28N2O/c1-14(16-6-4-3-5-7-16)8-9-19-12-17-10-18(21)13-20(17)11-15(19)2/h3-7,14-15,17-18,21H,8-13H2,1-2H3/t14-,15+,17-,18+/m0/s1. The molecule has 0 spiro atoms. The van der Waals surface area contributed by atoms with E-state index >= 15 is 0 Å². The summed E-state index contributed by atoms with van der Waals surface area (Å²) in [6.45, 7) is 8.94. The molecule has 0 unspecified atom stereocenters. The van der Waals surface area contributed by atoms with Gasteiger partial charge in [-0.05, 0) is 37.8 Å². The van der Waals surface area contributed by atoms with Gasteiger partial charge in [0.1, 0.15) is 0 Å². The van der Waals surface area contributed by atoms with E-state index in [1.54, 1.807) is 0 Å². The molecule has 3 heteroatoms. The van der Waals surface area contributed by atoms with Crippen molar-refractivity contribution in [1.29, 1.82) is 0 Å². The van der Waals surface area contributed by atoms with Gasteiger partial charge in [-0.25, -0.2) is 0 Å². The third-order valence-corrected chi connectivity index (χ3v) is 5.29. The van der Waals surface area contributed by atoms with E-state index < -0.39 is 0 Å². The summed E-state index contributed by atoms with van der Waals surface area (Å²) in [6, 6.07) is 12.0. The van der Waals surface area contributed by atoms with E-state index in [9.17, 15) is 5.11 Å². The predicted molar refractivity (Wildman–Crippen MR) is 86.5 cm³/mol. The lowest BCUT2D eigenvalue weighted by Gasteiger charge is -2.42. The van der Waals surface area contributed by atoms with Gasteiger partial charge in [0, 0.05) is 31.7 Å². The van der Waals surface area contributed by atoms with E-state index in [0.717, 1.165) is 32.6 Å². The highest BCUT2D eigenvalue weighted by atomic mass is 16.3. The van der Waals surface area contributed by atoms with Crippen LogP contribution in [0, 0.1) is 0 Å². The zero-order valence-corrected chi connectivity index (χ0v) is 13.3. The maximum Gasteiger partial charge on any atom is 0.0682 e. The second-order valence-electron chi connectivity index (χ2n) is 6.94. The van der Waals surface area contributed by atoms with Crippen molar-refractivity contribution in [3.05, 3.63) is 35.9 Å². The fourth-order valence-electron chi connectivity index (χ4n) is 3.90. The molecule has 4 atom stereocenters. The van der Waals surface area contributed by atoms with Gasteiger partial charge in [-0.1, -0.05) is 37.3 Å². The average Bonchev–Trinajstić information content (AvgIpc) is 2.84. The van der Waals surface area contributed by atoms with Gasteiger partial charge in [0.25, 0.3) is 0 Å². The van der Waals surface area contributed by atoms with E-state index in [-0.39, 0.29) is 6.10 Å². The van der Waals surface area contributed by atoms with Crippen molar-refractivity contribution < 1.29 is 5.11 Å². The van der Waals surface area contributed by atoms with Gasteiger partial charge in [-0.2, -0.15) is 0 Å². The zero-order chi connectivity index (χ0) is 14.8. The number of hydrogen-bond donors (Lipinski definition) is 1. The summed E-state index contributed by atoms with van der Waals surface area (Å²) in [5, 5.41) is 9.84. The molecule has 2 fully saturated rings. The number of rotatable bonds is 4. The van der Waals surface area contributed by atoms with Crippen LogP contribution >= 0.6 is 0 Å². The first kappa shape index (κ1) is 15.0. The molecule has 2 heterocycles. The number of fused-ring (bicyclic) bond motifs is 1. The van der Waals surface area contributed by atoms with Crippen LogP contribution in [0.15, 0.2) is 30.3 Å². The van der Waals surface area contributed by atoms with E-state index in [0.29, 0.717) is 18.0 Å². The largest absolute Gasteiger partial charge is 0.392 e. The van der Waals surface area contributed by atoms with Crippen molar-refractivity contribution in [3.63, 3.8) is 0 Å². The molecular weight excluding hydrogens is 260 g/mol. The monoisotopic (exact) mass is 288 g/mol. The molecular formula is C18H28N2O. The van der Waals surface area contributed by atoms with Gasteiger partial charge in [-0.15, -0.1) is 0 Å². The van der Waals surface area contributed by atoms with Crippen molar-refractivity contribution in [2.75, 3.05) is 26.2 Å². The van der Waals surface area contributed by atoms with Gasteiger partial charge < -0.3 is 5.11 Å². The lowest BCUT2D eigenvalue weighted by Crippen LogP contribution is -2.55. The molecule has 2 aliphatic rings. The Kier molecular flexibility index (Phi) is 4.63. The number of piperazine rings is 1. The molecule has 3 rings (SSSR count). The normalized spacial score (nSPS) is 32.0. The zero-order valence-electron chi connectivity index (χ0n) is 13.3. The Labute approximate surface area is 128 Å². The van der Waals surface area contributed by atoms with Crippen molar-refractivity contribution in [3.8, 4) is 0 Å². The fraction of sp³-hybridized carbons (Fsp3) is 0.667. The summed E-state index contributed by atoms with van der Waals surface area (Å²) in [7, 11) is 0. The molecule has 0 aromatic heterocycles. The Morgan fingerprint density at radius 2 is 1.95 bits per heavy atom. The molecule has 1 N–H and O–H groups in total. The molecule has 0 amide bonds. The Bertz CT molecular complexity index is 450. The van der Waals surface area contributed by atoms with Crippen molar-refractivity contribution in [2.24, 2.45) is 0 Å². The van der Waals surface area contributed by atoms with Crippen LogP contribution in [0.2, 0.25) is 0 Å². The molecule has 21 heavy (non-hydrogen) atoms. The Morgan fingerprint density at radius 3 is 2.71 bits per heavy atom. The summed E-state index contributed by atoms with van der Waals surface area (Å²) in [4.78, 5) is 5.10. The molecule has 3 nitrogen and oxygen atoms in total. The van der Waals surface area contributed by atoms with Gasteiger partial charge >= 0.3 is 0 Å². The van der Waals surface area contributed by atoms with E-state index in [1.165, 1.54) is 12.0 Å². The lowest BCUT2D eigenvalue weighted by atomic mass is 9.97. The Hall–Kier alpha value is -0.900. The first-order valence-corrected chi connectivity index (χ1v) is 8.34. The average molecular weight is 288 g/mol. The first-order chi connectivity index (χ1) is 10.1. The van der Waals surface area contributed by atoms with Crippen molar-refractivity contribution in [1.82, 2.24) is 9.80 Å². The van der Waals surface area contributed by atoms with Crippen LogP contribution in [-0.4, -0.2) is 59.3 Å². The van der Waals surface area contributed by atoms with Gasteiger partial charge in [-0.3, -0.25) is 9.80 Å². The quantitative estimate of drug-likeness (QED) is 0.921. The molecule has 2 saturated heterocycles. The highest BCUT2D eigenvalue weighted by molar-refractivity contribution is 5.18. The van der Waals surface area contributed by atoms with Gasteiger partial charge in [0.15, 0.2) is 0 Å². The summed E-state index contributed by atoms with van der Waals surface area (Å²) >= 11 is 0. The van der Waals surface area contributed by atoms with E-state index in [2.05, 4.69) is 54.0 Å². The molecule has 2 aliphatic heterocycles. The molecule has 0 saturated carbocycles. The lowest BCUT2D eigenvalue weighted by molar-refractivity contribution is 0.0564. The van der Waals surface area contributed by atoms with Crippen LogP contribution in [-0.2, 0) is 0 Å². The highest BCUT2D eigenvalue weighted by Crippen LogP contribution is 2.26. The third kappa shape index (κ3) is 3.47. The second kappa shape index (κ2) is 6.47. The SMILES string of the molecule is C[C@@H]1CN2C[C@H](O)C[C@H]2CN1CC[C@H](C)c1ccccc1. The third-order valence-electron chi connectivity index (χ3n) is 5.29. The van der Waals surface area contributed by atoms with Crippen molar-refractivity contribution >= 4 is 0 Å². The topological polar surface area (TPSA) is 26.7 Å². The van der Waals surface area contributed by atoms with Crippen LogP contribution in [0.25, 0.3) is 0 Å². The van der Waals surface area contributed by atoms with Crippen LogP contribution in [0.4, 0.5) is 0 Å². The number of benzene rings is 1. The van der Waals surface area contributed by atoms with Crippen LogP contribution in [0.3, 0.4) is 0 Å². The molecule has 1 aromatic carbocycles. The molecule has 0 radical (unpaired) electrons. The fourth-order valence-corrected chi connectivity index (χ4v) is 3.90. The summed E-state index contributed by atoms with van der Waals surface area (Å²) in [6.07, 6.45) is 2.06. The Balaban J connectivity index is 1.53. The smallest absolute Gasteiger partial charge is 0.0682 e. The van der Waals surface area contributed by atoms with E-state index in [1.807, 2.05) is 0 Å². The predicted octanol–water partition coefficient (Wildman–Crippen LogP) is 2.32. The first-order valence-electron chi connectivity index (χ1n) is 8.34. The van der Waals surface area contributed by atoms with Gasteiger partial charge in [0.2, 0.25) is 0 Å². The second-order valence-corrected chi connectivity index (χ2v) is 6.94. The summed E-state index contributed by atoms with van der Waals surface area (Å²) in [5.41, 5.74) is 1.44. The molecule has 0 aliphatic carbocycles. The van der Waals surface area contributed by atoms with Crippen LogP contribution in [0.1, 0.15) is 38.2 Å². The minimum atomic E-state index is -0.106. The molecule has 0 bridgehead atoms. The minimum absolute atomic E-state index is 0.106. The number of hydrogen-bond acceptors (Lipinski definition) is 3. The summed E-state index contributed by atoms with van der Waals surface area (Å²) in [5.74, 6) is 0.616. The molecule has 1 aromatic rings. The summed E-state index contributed by atoms with van der Waals surface area (Å²) < 4.78 is 0. The minimum Gasteiger partial charge on any atom is -0.392 e. The van der Waals surface area contributed by atoms with Crippen LogP contribution in [0.5, 0.6) is 0 Å². The van der Waals surface area contributed by atoms with Crippen molar-refractivity contribution in [2.45, 2.75) is 50.8 Å². The van der Waals surface area contributed by atoms with Gasteiger partial charge in [0.05, 0.1) is 6.10 Å². The number of aliphatic hydroxyl groups is 1. The highest BCUT2D eigenvalue weighted by Gasteiger charge is 2.37. The van der Waals surface area contributed by atoms with E-state index in [4.69, 9.17) is 0 Å². The van der Waals surface area contributed by atoms with Crippen LogP contribution < -0.4 is 0 Å². The molecule has 116 valence electrons. The number of nitrogens with zero attached hydrogens (tertiary/aromatic N) is 2. The maximum atomic E-state index is 9.84.